The molecule has 1 aliphatic carbocycles. The molecule has 1 unspecified atom stereocenters. The minimum Gasteiger partial charge on any atom is -0.481 e. The van der Waals surface area contributed by atoms with Crippen molar-refractivity contribution in [1.29, 1.82) is 0 Å². The van der Waals surface area contributed by atoms with Crippen LogP contribution in [0, 0.1) is 11.8 Å². The average Bonchev–Trinajstić information content (AvgIpc) is 2.28. The van der Waals surface area contributed by atoms with E-state index in [-0.39, 0.29) is 0 Å². The summed E-state index contributed by atoms with van der Waals surface area (Å²) in [6.45, 7) is 5.13. The topological polar surface area (TPSA) is 63.6 Å². The molecule has 98 valence electrons. The number of carbonyl (C=O) groups excluding carboxylic acids is 1. The van der Waals surface area contributed by atoms with E-state index >= 15 is 0 Å². The molecule has 1 aliphatic rings. The lowest BCUT2D eigenvalue weighted by molar-refractivity contribution is -0.172. The fourth-order valence-electron chi connectivity index (χ4n) is 2.33. The molecule has 0 heterocycles. The van der Waals surface area contributed by atoms with Crippen molar-refractivity contribution in [2.24, 2.45) is 11.8 Å². The fourth-order valence-corrected chi connectivity index (χ4v) is 2.33. The Labute approximate surface area is 102 Å². The molecule has 1 rings (SSSR count). The first kappa shape index (κ1) is 14.0. The first-order chi connectivity index (χ1) is 7.84. The van der Waals surface area contributed by atoms with Gasteiger partial charge in [-0.3, -0.25) is 9.59 Å². The molecule has 0 bridgehead atoms. The molecule has 1 saturated carbocycles. The highest BCUT2D eigenvalue weighted by Gasteiger charge is 2.36. The minimum absolute atomic E-state index is 0.348. The van der Waals surface area contributed by atoms with Crippen molar-refractivity contribution in [3.8, 4) is 0 Å². The van der Waals surface area contributed by atoms with Crippen LogP contribution in [-0.2, 0) is 14.3 Å². The van der Waals surface area contributed by atoms with Gasteiger partial charge in [-0.1, -0.05) is 19.3 Å². The third kappa shape index (κ3) is 3.72. The van der Waals surface area contributed by atoms with Crippen LogP contribution in [0.4, 0.5) is 0 Å². The maximum absolute atomic E-state index is 11.6. The number of carboxylic acids is 1. The summed E-state index contributed by atoms with van der Waals surface area (Å²) in [5.41, 5.74) is -0.554. The van der Waals surface area contributed by atoms with Gasteiger partial charge in [-0.05, 0) is 39.5 Å². The normalized spacial score (nSPS) is 19.7. The number of hydrogen-bond donors (Lipinski definition) is 1. The Balaban J connectivity index is 2.58. The zero-order chi connectivity index (χ0) is 13.1. The number of ether oxygens (including phenoxy) is 1. The van der Waals surface area contributed by atoms with Crippen LogP contribution in [-0.4, -0.2) is 22.6 Å². The average molecular weight is 242 g/mol. The third-order valence-electron chi connectivity index (χ3n) is 3.68. The third-order valence-corrected chi connectivity index (χ3v) is 3.68. The highest BCUT2D eigenvalue weighted by molar-refractivity contribution is 5.93. The first-order valence-corrected chi connectivity index (χ1v) is 6.30. The molecule has 0 radical (unpaired) electrons. The van der Waals surface area contributed by atoms with E-state index in [0.717, 1.165) is 12.8 Å². The molecule has 1 fully saturated rings. The van der Waals surface area contributed by atoms with E-state index in [1.165, 1.54) is 26.2 Å². The van der Waals surface area contributed by atoms with Crippen LogP contribution >= 0.6 is 0 Å². The van der Waals surface area contributed by atoms with E-state index in [1.54, 1.807) is 0 Å². The second-order valence-electron chi connectivity index (χ2n) is 5.42. The molecule has 0 aliphatic heterocycles. The second kappa shape index (κ2) is 5.52. The van der Waals surface area contributed by atoms with Crippen molar-refractivity contribution in [2.75, 3.05) is 0 Å². The summed E-state index contributed by atoms with van der Waals surface area (Å²) in [4.78, 5) is 22.3. The highest BCUT2D eigenvalue weighted by Crippen LogP contribution is 2.35. The van der Waals surface area contributed by atoms with E-state index in [2.05, 4.69) is 0 Å². The summed E-state index contributed by atoms with van der Waals surface area (Å²) in [6, 6.07) is 0. The van der Waals surface area contributed by atoms with Gasteiger partial charge in [0.1, 0.15) is 5.60 Å². The molecule has 0 aromatic rings. The van der Waals surface area contributed by atoms with Crippen molar-refractivity contribution in [3.63, 3.8) is 0 Å². The van der Waals surface area contributed by atoms with Crippen molar-refractivity contribution >= 4 is 11.9 Å². The van der Waals surface area contributed by atoms with Gasteiger partial charge in [-0.15, -0.1) is 0 Å². The van der Waals surface area contributed by atoms with Gasteiger partial charge in [-0.2, -0.15) is 0 Å². The predicted octanol–water partition coefficient (Wildman–Crippen LogP) is 2.61. The smallest absolute Gasteiger partial charge is 0.320 e. The van der Waals surface area contributed by atoms with Gasteiger partial charge >= 0.3 is 11.9 Å². The van der Waals surface area contributed by atoms with E-state index in [9.17, 15) is 9.59 Å². The number of carbonyl (C=O) groups is 2. The van der Waals surface area contributed by atoms with Gasteiger partial charge in [0.15, 0.2) is 5.92 Å². The van der Waals surface area contributed by atoms with E-state index in [0.29, 0.717) is 5.92 Å². The van der Waals surface area contributed by atoms with Crippen LogP contribution in [0.15, 0.2) is 0 Å². The largest absolute Gasteiger partial charge is 0.481 e. The van der Waals surface area contributed by atoms with Gasteiger partial charge in [0, 0.05) is 0 Å². The molecule has 0 amide bonds. The molecule has 4 nitrogen and oxygen atoms in total. The Morgan fingerprint density at radius 3 is 2.24 bits per heavy atom. The molecule has 0 aromatic heterocycles. The van der Waals surface area contributed by atoms with Gasteiger partial charge in [0.05, 0.1) is 0 Å². The van der Waals surface area contributed by atoms with Crippen molar-refractivity contribution in [3.05, 3.63) is 0 Å². The minimum atomic E-state index is -1.13. The lowest BCUT2D eigenvalue weighted by Gasteiger charge is -2.36. The maximum Gasteiger partial charge on any atom is 0.320 e. The standard InChI is InChI=1S/C13H22O4/c1-9(11(14)15)12(16)17-13(2,3)10-7-5-4-6-8-10/h9-10H,4-8H2,1-3H3,(H,14,15). The van der Waals surface area contributed by atoms with Crippen LogP contribution < -0.4 is 0 Å². The number of esters is 1. The van der Waals surface area contributed by atoms with Crippen molar-refractivity contribution in [1.82, 2.24) is 0 Å². The number of carboxylic acid groups (broad SMARTS) is 1. The maximum atomic E-state index is 11.6. The van der Waals surface area contributed by atoms with Crippen molar-refractivity contribution in [2.45, 2.75) is 58.5 Å². The van der Waals surface area contributed by atoms with Crippen LogP contribution in [0.5, 0.6) is 0 Å². The summed E-state index contributed by atoms with van der Waals surface area (Å²) in [6.07, 6.45) is 5.69. The molecular weight excluding hydrogens is 220 g/mol. The van der Waals surface area contributed by atoms with Crippen LogP contribution in [0.3, 0.4) is 0 Å². The number of hydrogen-bond acceptors (Lipinski definition) is 3. The van der Waals surface area contributed by atoms with Gasteiger partial charge in [0.25, 0.3) is 0 Å². The van der Waals surface area contributed by atoms with Crippen LogP contribution in [0.25, 0.3) is 0 Å². The zero-order valence-corrected chi connectivity index (χ0v) is 10.9. The molecule has 0 aromatic carbocycles. The second-order valence-corrected chi connectivity index (χ2v) is 5.42. The SMILES string of the molecule is CC(C(=O)O)C(=O)OC(C)(C)C1CCCCC1. The monoisotopic (exact) mass is 242 g/mol. The van der Waals surface area contributed by atoms with E-state index < -0.39 is 23.5 Å². The molecule has 4 heteroatoms. The molecular formula is C13H22O4. The molecule has 1 atom stereocenters. The Hall–Kier alpha value is -1.06. The van der Waals surface area contributed by atoms with E-state index in [1.807, 2.05) is 13.8 Å². The molecule has 0 spiro atoms. The Morgan fingerprint density at radius 2 is 1.76 bits per heavy atom. The fraction of sp³-hybridized carbons (Fsp3) is 0.846. The van der Waals surface area contributed by atoms with E-state index in [4.69, 9.17) is 9.84 Å². The lowest BCUT2D eigenvalue weighted by atomic mass is 9.78. The Kier molecular flexibility index (Phi) is 4.54. The van der Waals surface area contributed by atoms with Gasteiger partial charge < -0.3 is 9.84 Å². The van der Waals surface area contributed by atoms with Gasteiger partial charge in [-0.25, -0.2) is 0 Å². The van der Waals surface area contributed by atoms with Crippen molar-refractivity contribution < 1.29 is 19.4 Å². The number of aliphatic carboxylic acids is 1. The molecule has 1 N–H and O–H groups in total. The first-order valence-electron chi connectivity index (χ1n) is 6.30. The zero-order valence-electron chi connectivity index (χ0n) is 10.9. The highest BCUT2D eigenvalue weighted by atomic mass is 16.6. The number of rotatable bonds is 4. The summed E-state index contributed by atoms with van der Waals surface area (Å²) in [7, 11) is 0. The molecule has 0 saturated heterocycles. The summed E-state index contributed by atoms with van der Waals surface area (Å²) >= 11 is 0. The summed E-state index contributed by atoms with van der Waals surface area (Å²) < 4.78 is 5.38. The van der Waals surface area contributed by atoms with Gasteiger partial charge in [0.2, 0.25) is 0 Å². The lowest BCUT2D eigenvalue weighted by Crippen LogP contribution is -2.40. The molecule has 17 heavy (non-hydrogen) atoms. The van der Waals surface area contributed by atoms with Crippen LogP contribution in [0.2, 0.25) is 0 Å². The van der Waals surface area contributed by atoms with Crippen LogP contribution in [0.1, 0.15) is 52.9 Å². The Morgan fingerprint density at radius 1 is 1.24 bits per heavy atom. The quantitative estimate of drug-likeness (QED) is 0.608. The summed E-state index contributed by atoms with van der Waals surface area (Å²) in [5, 5.41) is 8.76. The Bertz CT molecular complexity index is 290. The predicted molar refractivity (Wildman–Crippen MR) is 63.5 cm³/mol. The summed E-state index contributed by atoms with van der Waals surface area (Å²) in [5.74, 6) is -2.50.